The minimum atomic E-state index is -0.804. The first-order chi connectivity index (χ1) is 8.14. The lowest BCUT2D eigenvalue weighted by Gasteiger charge is -2.23. The minimum Gasteiger partial charge on any atom is -0.469 e. The summed E-state index contributed by atoms with van der Waals surface area (Å²) in [7, 11) is 1.36. The molecule has 0 saturated carbocycles. The van der Waals surface area contributed by atoms with Gasteiger partial charge in [0.1, 0.15) is 0 Å². The van der Waals surface area contributed by atoms with Crippen LogP contribution < -0.4 is 0 Å². The maximum absolute atomic E-state index is 11.1. The van der Waals surface area contributed by atoms with Crippen molar-refractivity contribution in [3.05, 3.63) is 30.1 Å². The van der Waals surface area contributed by atoms with Crippen LogP contribution in [-0.4, -0.2) is 30.8 Å². The van der Waals surface area contributed by atoms with Crippen molar-refractivity contribution in [2.45, 2.75) is 25.2 Å². The second-order valence-electron chi connectivity index (χ2n) is 4.01. The molecule has 0 spiro atoms. The van der Waals surface area contributed by atoms with Gasteiger partial charge >= 0.3 is 5.97 Å². The molecule has 0 radical (unpaired) electrons. The summed E-state index contributed by atoms with van der Waals surface area (Å²) in [5, 5.41) is 0. The third kappa shape index (κ3) is 2.62. The topological polar surface area (TPSA) is 57.7 Å². The van der Waals surface area contributed by atoms with Crippen molar-refractivity contribution in [2.24, 2.45) is 0 Å². The molecule has 1 aromatic heterocycles. The Morgan fingerprint density at radius 2 is 2.29 bits per heavy atom. The lowest BCUT2D eigenvalue weighted by Crippen LogP contribution is -2.25. The molecule has 1 aliphatic rings. The second-order valence-corrected chi connectivity index (χ2v) is 4.01. The number of hydrogen-bond acceptors (Lipinski definition) is 5. The quantitative estimate of drug-likeness (QED) is 0.740. The standard InChI is InChI=1S/C12H15NO4/c1-12(9-3-5-13-6-4-9)16-8-10(17-12)7-11(14)15-2/h3-6,10H,7-8H2,1-2H3. The number of ether oxygens (including phenoxy) is 3. The summed E-state index contributed by atoms with van der Waals surface area (Å²) in [5.41, 5.74) is 0.889. The molecule has 17 heavy (non-hydrogen) atoms. The zero-order valence-corrected chi connectivity index (χ0v) is 9.88. The summed E-state index contributed by atoms with van der Waals surface area (Å²) in [6.45, 7) is 2.22. The van der Waals surface area contributed by atoms with Gasteiger partial charge in [-0.2, -0.15) is 0 Å². The third-order valence-electron chi connectivity index (χ3n) is 2.76. The van der Waals surface area contributed by atoms with Gasteiger partial charge < -0.3 is 14.2 Å². The molecule has 1 saturated heterocycles. The molecule has 1 fully saturated rings. The first-order valence-electron chi connectivity index (χ1n) is 5.43. The van der Waals surface area contributed by atoms with Crippen molar-refractivity contribution in [1.82, 2.24) is 4.98 Å². The van der Waals surface area contributed by atoms with Gasteiger partial charge in [0.15, 0.2) is 5.79 Å². The number of esters is 1. The van der Waals surface area contributed by atoms with E-state index < -0.39 is 5.79 Å². The predicted molar refractivity (Wildman–Crippen MR) is 59.0 cm³/mol. The minimum absolute atomic E-state index is 0.206. The van der Waals surface area contributed by atoms with Crippen LogP contribution in [-0.2, 0) is 24.8 Å². The predicted octanol–water partition coefficient (Wildman–Crippen LogP) is 1.23. The maximum Gasteiger partial charge on any atom is 0.308 e. The number of pyridine rings is 1. The van der Waals surface area contributed by atoms with E-state index in [4.69, 9.17) is 9.47 Å². The molecule has 2 atom stereocenters. The first kappa shape index (κ1) is 12.0. The van der Waals surface area contributed by atoms with E-state index in [-0.39, 0.29) is 18.5 Å². The molecule has 1 aliphatic heterocycles. The molecular formula is C12H15NO4. The van der Waals surface area contributed by atoms with Crippen molar-refractivity contribution >= 4 is 5.97 Å². The molecule has 0 amide bonds. The Bertz CT molecular complexity index is 395. The maximum atomic E-state index is 11.1. The number of nitrogens with zero attached hydrogens (tertiary/aromatic N) is 1. The van der Waals surface area contributed by atoms with E-state index in [1.807, 2.05) is 19.1 Å². The SMILES string of the molecule is COC(=O)CC1COC(C)(c2ccncc2)O1. The highest BCUT2D eigenvalue weighted by Crippen LogP contribution is 2.34. The van der Waals surface area contributed by atoms with Gasteiger partial charge in [-0.25, -0.2) is 0 Å². The Balaban J connectivity index is 2.03. The van der Waals surface area contributed by atoms with Crippen LogP contribution >= 0.6 is 0 Å². The third-order valence-corrected chi connectivity index (χ3v) is 2.76. The molecule has 2 rings (SSSR count). The molecule has 5 heteroatoms. The lowest BCUT2D eigenvalue weighted by molar-refractivity contribution is -0.166. The lowest BCUT2D eigenvalue weighted by atomic mass is 10.1. The van der Waals surface area contributed by atoms with Crippen molar-refractivity contribution in [3.8, 4) is 0 Å². The smallest absolute Gasteiger partial charge is 0.308 e. The molecule has 92 valence electrons. The van der Waals surface area contributed by atoms with Gasteiger partial charge in [0.25, 0.3) is 0 Å². The molecule has 0 N–H and O–H groups in total. The van der Waals surface area contributed by atoms with E-state index in [2.05, 4.69) is 9.72 Å². The van der Waals surface area contributed by atoms with Gasteiger partial charge in [0, 0.05) is 18.0 Å². The number of rotatable bonds is 3. The molecule has 2 heterocycles. The first-order valence-corrected chi connectivity index (χ1v) is 5.43. The summed E-state index contributed by atoms with van der Waals surface area (Å²) < 4.78 is 16.0. The molecule has 5 nitrogen and oxygen atoms in total. The molecule has 0 aliphatic carbocycles. The van der Waals surface area contributed by atoms with E-state index in [9.17, 15) is 4.79 Å². The summed E-state index contributed by atoms with van der Waals surface area (Å²) in [4.78, 5) is 15.1. The van der Waals surface area contributed by atoms with Crippen molar-refractivity contribution < 1.29 is 19.0 Å². The molecular weight excluding hydrogens is 222 g/mol. The fourth-order valence-corrected chi connectivity index (χ4v) is 1.81. The summed E-state index contributed by atoms with van der Waals surface area (Å²) in [5.74, 6) is -1.10. The van der Waals surface area contributed by atoms with Crippen molar-refractivity contribution in [2.75, 3.05) is 13.7 Å². The van der Waals surface area contributed by atoms with Crippen molar-refractivity contribution in [3.63, 3.8) is 0 Å². The van der Waals surface area contributed by atoms with Gasteiger partial charge in [0.2, 0.25) is 0 Å². The van der Waals surface area contributed by atoms with Crippen molar-refractivity contribution in [1.29, 1.82) is 0 Å². The van der Waals surface area contributed by atoms with Crippen LogP contribution in [0.4, 0.5) is 0 Å². The highest BCUT2D eigenvalue weighted by atomic mass is 16.7. The normalized spacial score (nSPS) is 28.0. The molecule has 1 aromatic rings. The fourth-order valence-electron chi connectivity index (χ4n) is 1.81. The Kier molecular flexibility index (Phi) is 3.40. The van der Waals surface area contributed by atoms with Gasteiger partial charge in [0.05, 0.1) is 26.2 Å². The van der Waals surface area contributed by atoms with Crippen LogP contribution in [0.5, 0.6) is 0 Å². The average Bonchev–Trinajstić information content (AvgIpc) is 2.73. The fraction of sp³-hybridized carbons (Fsp3) is 0.500. The van der Waals surface area contributed by atoms with Crippen LogP contribution in [0.1, 0.15) is 18.9 Å². The zero-order valence-electron chi connectivity index (χ0n) is 9.88. The molecule has 0 bridgehead atoms. The van der Waals surface area contributed by atoms with Crippen LogP contribution in [0.15, 0.2) is 24.5 Å². The molecule has 0 aromatic carbocycles. The number of carbonyl (C=O) groups excluding carboxylic acids is 1. The Labute approximate surface area is 99.7 Å². The highest BCUT2D eigenvalue weighted by molar-refractivity contribution is 5.69. The average molecular weight is 237 g/mol. The van der Waals surface area contributed by atoms with E-state index in [1.165, 1.54) is 7.11 Å². The largest absolute Gasteiger partial charge is 0.469 e. The van der Waals surface area contributed by atoms with E-state index in [0.717, 1.165) is 5.56 Å². The molecule has 2 unspecified atom stereocenters. The van der Waals surface area contributed by atoms with Gasteiger partial charge in [-0.05, 0) is 19.1 Å². The highest BCUT2D eigenvalue weighted by Gasteiger charge is 2.39. The Morgan fingerprint density at radius 1 is 1.59 bits per heavy atom. The van der Waals surface area contributed by atoms with E-state index in [1.54, 1.807) is 12.4 Å². The monoisotopic (exact) mass is 237 g/mol. The zero-order chi connectivity index (χ0) is 12.3. The van der Waals surface area contributed by atoms with Crippen LogP contribution in [0.2, 0.25) is 0 Å². The summed E-state index contributed by atoms with van der Waals surface area (Å²) >= 11 is 0. The number of carbonyl (C=O) groups is 1. The number of methoxy groups -OCH3 is 1. The van der Waals surface area contributed by atoms with E-state index in [0.29, 0.717) is 6.61 Å². The Hall–Kier alpha value is -1.46. The van der Waals surface area contributed by atoms with Crippen LogP contribution in [0.3, 0.4) is 0 Å². The second kappa shape index (κ2) is 4.81. The van der Waals surface area contributed by atoms with Gasteiger partial charge in [-0.3, -0.25) is 9.78 Å². The summed E-state index contributed by atoms with van der Waals surface area (Å²) in [6, 6.07) is 3.67. The Morgan fingerprint density at radius 3 is 2.94 bits per heavy atom. The van der Waals surface area contributed by atoms with Crippen LogP contribution in [0, 0.1) is 0 Å². The van der Waals surface area contributed by atoms with E-state index >= 15 is 0 Å². The summed E-state index contributed by atoms with van der Waals surface area (Å²) in [6.07, 6.45) is 3.31. The number of hydrogen-bond donors (Lipinski definition) is 0. The number of aromatic nitrogens is 1. The van der Waals surface area contributed by atoms with Gasteiger partial charge in [-0.15, -0.1) is 0 Å². The van der Waals surface area contributed by atoms with Crippen LogP contribution in [0.25, 0.3) is 0 Å². The van der Waals surface area contributed by atoms with Gasteiger partial charge in [-0.1, -0.05) is 0 Å².